The van der Waals surface area contributed by atoms with Gasteiger partial charge in [-0.25, -0.2) is 4.90 Å². The highest BCUT2D eigenvalue weighted by Gasteiger charge is 2.36. The van der Waals surface area contributed by atoms with E-state index in [1.807, 2.05) is 32.0 Å². The Bertz CT molecular complexity index is 825. The summed E-state index contributed by atoms with van der Waals surface area (Å²) in [6.45, 7) is 3.80. The Morgan fingerprint density at radius 2 is 1.74 bits per heavy atom. The average molecular weight is 325 g/mol. The van der Waals surface area contributed by atoms with Gasteiger partial charge in [-0.3, -0.25) is 9.59 Å². The number of phenols is 1. The van der Waals surface area contributed by atoms with Crippen molar-refractivity contribution in [1.29, 1.82) is 0 Å². The summed E-state index contributed by atoms with van der Waals surface area (Å²) >= 11 is 0.926. The first kappa shape index (κ1) is 15.4. The van der Waals surface area contributed by atoms with Gasteiger partial charge in [0.1, 0.15) is 5.75 Å². The van der Waals surface area contributed by atoms with E-state index in [-0.39, 0.29) is 16.9 Å². The minimum absolute atomic E-state index is 0.158. The molecule has 0 unspecified atom stereocenters. The van der Waals surface area contributed by atoms with Gasteiger partial charge in [-0.1, -0.05) is 24.3 Å². The predicted molar refractivity (Wildman–Crippen MR) is 92.5 cm³/mol. The Hall–Kier alpha value is -2.53. The van der Waals surface area contributed by atoms with E-state index in [9.17, 15) is 14.7 Å². The van der Waals surface area contributed by atoms with Gasteiger partial charge in [-0.05, 0) is 66.6 Å². The Morgan fingerprint density at radius 3 is 2.43 bits per heavy atom. The number of benzene rings is 2. The second-order valence-electron chi connectivity index (χ2n) is 5.40. The molecule has 23 heavy (non-hydrogen) atoms. The van der Waals surface area contributed by atoms with Gasteiger partial charge in [0, 0.05) is 0 Å². The molecule has 2 aromatic carbocycles. The molecular formula is C18H15NO3S. The van der Waals surface area contributed by atoms with Gasteiger partial charge in [0.05, 0.1) is 10.6 Å². The summed E-state index contributed by atoms with van der Waals surface area (Å²) in [5.41, 5.74) is 3.26. The molecule has 5 heteroatoms. The average Bonchev–Trinajstić information content (AvgIpc) is 2.78. The molecule has 1 saturated heterocycles. The van der Waals surface area contributed by atoms with E-state index in [0.29, 0.717) is 10.6 Å². The number of aromatic hydroxyl groups is 1. The lowest BCUT2D eigenvalue weighted by atomic mass is 10.1. The van der Waals surface area contributed by atoms with Crippen LogP contribution in [0.4, 0.5) is 10.5 Å². The third-order valence-corrected chi connectivity index (χ3v) is 4.46. The van der Waals surface area contributed by atoms with E-state index in [0.717, 1.165) is 28.5 Å². The summed E-state index contributed by atoms with van der Waals surface area (Å²) in [4.78, 5) is 26.5. The third-order valence-electron chi connectivity index (χ3n) is 3.59. The van der Waals surface area contributed by atoms with Crippen molar-refractivity contribution in [3.8, 4) is 5.75 Å². The zero-order valence-electron chi connectivity index (χ0n) is 12.7. The summed E-state index contributed by atoms with van der Waals surface area (Å²) in [7, 11) is 0. The maximum Gasteiger partial charge on any atom is 0.298 e. The third kappa shape index (κ3) is 3.00. The van der Waals surface area contributed by atoms with Crippen LogP contribution in [0.1, 0.15) is 16.7 Å². The van der Waals surface area contributed by atoms with Gasteiger partial charge in [0.2, 0.25) is 0 Å². The molecular weight excluding hydrogens is 310 g/mol. The van der Waals surface area contributed by atoms with Crippen LogP contribution in [0.3, 0.4) is 0 Å². The Balaban J connectivity index is 1.97. The van der Waals surface area contributed by atoms with Crippen LogP contribution in [0.15, 0.2) is 47.4 Å². The van der Waals surface area contributed by atoms with E-state index in [2.05, 4.69) is 0 Å². The lowest BCUT2D eigenvalue weighted by molar-refractivity contribution is -0.113. The molecule has 2 amide bonds. The van der Waals surface area contributed by atoms with Crippen molar-refractivity contribution in [2.24, 2.45) is 0 Å². The number of aryl methyl sites for hydroxylation is 2. The zero-order chi connectivity index (χ0) is 16.6. The molecule has 0 aliphatic carbocycles. The molecule has 0 saturated carbocycles. The van der Waals surface area contributed by atoms with Crippen LogP contribution in [0.5, 0.6) is 5.75 Å². The summed E-state index contributed by atoms with van der Waals surface area (Å²) < 4.78 is 0. The Morgan fingerprint density at radius 1 is 1.04 bits per heavy atom. The van der Waals surface area contributed by atoms with Gasteiger partial charge in [-0.15, -0.1) is 0 Å². The zero-order valence-corrected chi connectivity index (χ0v) is 13.6. The molecule has 1 N–H and O–H groups in total. The highest BCUT2D eigenvalue weighted by atomic mass is 32.2. The fraction of sp³-hybridized carbons (Fsp3) is 0.111. The predicted octanol–water partition coefficient (Wildman–Crippen LogP) is 4.25. The number of hydrogen-bond acceptors (Lipinski definition) is 4. The van der Waals surface area contributed by atoms with Crippen LogP contribution >= 0.6 is 11.8 Å². The number of amides is 2. The SMILES string of the molecule is Cc1ccc(C)c(N2C(=O)S/C(=C\c3ccc(O)cc3)C2=O)c1. The first-order valence-corrected chi connectivity index (χ1v) is 7.91. The lowest BCUT2D eigenvalue weighted by Gasteiger charge is -2.15. The summed E-state index contributed by atoms with van der Waals surface area (Å²) in [6, 6.07) is 12.2. The van der Waals surface area contributed by atoms with E-state index in [4.69, 9.17) is 0 Å². The topological polar surface area (TPSA) is 57.6 Å². The fourth-order valence-corrected chi connectivity index (χ4v) is 3.19. The van der Waals surface area contributed by atoms with Crippen molar-refractivity contribution in [2.75, 3.05) is 4.90 Å². The molecule has 116 valence electrons. The van der Waals surface area contributed by atoms with Crippen LogP contribution in [0.2, 0.25) is 0 Å². The smallest absolute Gasteiger partial charge is 0.298 e. The van der Waals surface area contributed by atoms with Crippen molar-refractivity contribution >= 4 is 34.7 Å². The number of thioether (sulfide) groups is 1. The molecule has 1 aliphatic rings. The molecule has 1 heterocycles. The minimum atomic E-state index is -0.318. The maximum atomic E-state index is 12.6. The van der Waals surface area contributed by atoms with Crippen molar-refractivity contribution < 1.29 is 14.7 Å². The second-order valence-corrected chi connectivity index (χ2v) is 6.39. The highest BCUT2D eigenvalue weighted by Crippen LogP contribution is 2.37. The summed E-state index contributed by atoms with van der Waals surface area (Å²) in [5, 5.41) is 9.01. The quantitative estimate of drug-likeness (QED) is 0.839. The van der Waals surface area contributed by atoms with Crippen molar-refractivity contribution in [2.45, 2.75) is 13.8 Å². The molecule has 1 aliphatic heterocycles. The van der Waals surface area contributed by atoms with E-state index in [1.165, 1.54) is 4.90 Å². The van der Waals surface area contributed by atoms with Gasteiger partial charge in [0.25, 0.3) is 11.1 Å². The van der Waals surface area contributed by atoms with E-state index >= 15 is 0 Å². The standard InChI is InChI=1S/C18H15NO3S/c1-11-3-4-12(2)15(9-11)19-17(21)16(23-18(19)22)10-13-5-7-14(20)8-6-13/h3-10,20H,1-2H3/b16-10-. The van der Waals surface area contributed by atoms with Crippen molar-refractivity contribution in [3.63, 3.8) is 0 Å². The number of rotatable bonds is 2. The normalized spacial score (nSPS) is 16.4. The number of nitrogens with zero attached hydrogens (tertiary/aromatic N) is 1. The number of carbonyl (C=O) groups excluding carboxylic acids is 2. The molecule has 0 atom stereocenters. The molecule has 2 aromatic rings. The fourth-order valence-electron chi connectivity index (χ4n) is 2.36. The Kier molecular flexibility index (Phi) is 3.96. The molecule has 0 spiro atoms. The summed E-state index contributed by atoms with van der Waals surface area (Å²) in [6.07, 6.45) is 1.66. The van der Waals surface area contributed by atoms with Gasteiger partial charge >= 0.3 is 0 Å². The minimum Gasteiger partial charge on any atom is -0.508 e. The molecule has 4 nitrogen and oxygen atoms in total. The molecule has 1 fully saturated rings. The van der Waals surface area contributed by atoms with Crippen LogP contribution in [-0.2, 0) is 4.79 Å². The van der Waals surface area contributed by atoms with Crippen LogP contribution in [-0.4, -0.2) is 16.3 Å². The van der Waals surface area contributed by atoms with Gasteiger partial charge < -0.3 is 5.11 Å². The molecule has 0 bridgehead atoms. The molecule has 3 rings (SSSR count). The first-order valence-electron chi connectivity index (χ1n) is 7.10. The van der Waals surface area contributed by atoms with Crippen molar-refractivity contribution in [1.82, 2.24) is 0 Å². The second kappa shape index (κ2) is 5.93. The highest BCUT2D eigenvalue weighted by molar-refractivity contribution is 8.19. The number of carbonyl (C=O) groups is 2. The van der Waals surface area contributed by atoms with E-state index in [1.54, 1.807) is 30.3 Å². The van der Waals surface area contributed by atoms with Crippen LogP contribution < -0.4 is 4.90 Å². The van der Waals surface area contributed by atoms with Crippen LogP contribution in [0, 0.1) is 13.8 Å². The maximum absolute atomic E-state index is 12.6. The number of imide groups is 1. The van der Waals surface area contributed by atoms with Gasteiger partial charge in [0.15, 0.2) is 0 Å². The van der Waals surface area contributed by atoms with Crippen LogP contribution in [0.25, 0.3) is 6.08 Å². The Labute approximate surface area is 138 Å². The largest absolute Gasteiger partial charge is 0.508 e. The van der Waals surface area contributed by atoms with E-state index < -0.39 is 0 Å². The summed E-state index contributed by atoms with van der Waals surface area (Å²) in [5.74, 6) is -0.160. The van der Waals surface area contributed by atoms with Crippen molar-refractivity contribution in [3.05, 3.63) is 64.1 Å². The molecule has 0 aromatic heterocycles. The monoisotopic (exact) mass is 325 g/mol. The number of hydrogen-bond donors (Lipinski definition) is 1. The van der Waals surface area contributed by atoms with Gasteiger partial charge in [-0.2, -0.15) is 0 Å². The molecule has 0 radical (unpaired) electrons. The number of phenolic OH excluding ortho intramolecular Hbond substituents is 1. The first-order chi connectivity index (χ1) is 11.0. The number of anilines is 1. The lowest BCUT2D eigenvalue weighted by Crippen LogP contribution is -2.28.